The van der Waals surface area contributed by atoms with Gasteiger partial charge in [-0.25, -0.2) is 0 Å². The molecule has 3 rings (SSSR count). The smallest absolute Gasteiger partial charge is 0.255 e. The predicted octanol–water partition coefficient (Wildman–Crippen LogP) is 1.96. The highest BCUT2D eigenvalue weighted by atomic mass is 16.5. The van der Waals surface area contributed by atoms with E-state index in [9.17, 15) is 4.79 Å². The molecule has 2 heterocycles. The number of hydrogen-bond acceptors (Lipinski definition) is 5. The number of amides is 1. The molecule has 2 N–H and O–H groups in total. The Kier molecular flexibility index (Phi) is 5.30. The van der Waals surface area contributed by atoms with Crippen LogP contribution in [-0.2, 0) is 0 Å². The Bertz CT molecular complexity index is 699. The fraction of sp³-hybridized carbons (Fsp3) is 0.588. The minimum atomic E-state index is -0.113. The highest BCUT2D eigenvalue weighted by Gasteiger charge is 2.21. The Hall–Kier alpha value is -2.15. The maximum absolute atomic E-state index is 12.8. The molecule has 0 bridgehead atoms. The molecule has 1 aliphatic rings. The van der Waals surface area contributed by atoms with Gasteiger partial charge in [0.05, 0.1) is 18.2 Å². The first-order valence-corrected chi connectivity index (χ1v) is 8.63. The number of fused-ring (bicyclic) bond motifs is 1. The molecule has 1 aliphatic heterocycles. The van der Waals surface area contributed by atoms with Crippen LogP contribution in [0.25, 0.3) is 11.0 Å². The molecule has 0 spiro atoms. The van der Waals surface area contributed by atoms with Crippen LogP contribution < -0.4 is 10.1 Å². The van der Waals surface area contributed by atoms with Gasteiger partial charge in [0.25, 0.3) is 5.91 Å². The third-order valence-electron chi connectivity index (χ3n) is 4.68. The van der Waals surface area contributed by atoms with Gasteiger partial charge in [-0.3, -0.25) is 9.89 Å². The van der Waals surface area contributed by atoms with Crippen molar-refractivity contribution in [1.82, 2.24) is 25.6 Å². The average Bonchev–Trinajstić information content (AvgIpc) is 3.03. The van der Waals surface area contributed by atoms with Crippen molar-refractivity contribution in [2.75, 3.05) is 26.7 Å². The van der Waals surface area contributed by atoms with Crippen molar-refractivity contribution in [2.45, 2.75) is 38.6 Å². The van der Waals surface area contributed by atoms with Crippen molar-refractivity contribution in [3.05, 3.63) is 17.7 Å². The molecule has 0 saturated carbocycles. The average molecular weight is 331 g/mol. The van der Waals surface area contributed by atoms with Gasteiger partial charge in [-0.15, -0.1) is 5.10 Å². The van der Waals surface area contributed by atoms with Crippen molar-refractivity contribution in [3.63, 3.8) is 0 Å². The van der Waals surface area contributed by atoms with E-state index < -0.39 is 0 Å². The lowest BCUT2D eigenvalue weighted by Gasteiger charge is -2.29. The normalized spacial score (nSPS) is 19.7. The van der Waals surface area contributed by atoms with Crippen LogP contribution in [0.15, 0.2) is 12.1 Å². The molecule has 130 valence electrons. The van der Waals surface area contributed by atoms with Gasteiger partial charge in [-0.1, -0.05) is 25.0 Å². The van der Waals surface area contributed by atoms with Gasteiger partial charge >= 0.3 is 0 Å². The summed E-state index contributed by atoms with van der Waals surface area (Å²) in [5, 5.41) is 13.7. The Morgan fingerprint density at radius 2 is 2.29 bits per heavy atom. The number of rotatable bonds is 4. The van der Waals surface area contributed by atoms with E-state index in [1.54, 1.807) is 19.2 Å². The number of carbonyl (C=O) groups excluding carboxylic acids is 1. The van der Waals surface area contributed by atoms with Crippen molar-refractivity contribution >= 4 is 16.9 Å². The number of methoxy groups -OCH3 is 1. The molecule has 7 nitrogen and oxygen atoms in total. The molecule has 1 amide bonds. The zero-order valence-corrected chi connectivity index (χ0v) is 14.3. The predicted molar refractivity (Wildman–Crippen MR) is 92.3 cm³/mol. The van der Waals surface area contributed by atoms with E-state index in [4.69, 9.17) is 4.74 Å². The number of H-pyrrole nitrogens is 1. The molecule has 1 aromatic carbocycles. The second-order valence-corrected chi connectivity index (χ2v) is 6.29. The van der Waals surface area contributed by atoms with Crippen LogP contribution >= 0.6 is 0 Å². The summed E-state index contributed by atoms with van der Waals surface area (Å²) < 4.78 is 5.37. The van der Waals surface area contributed by atoms with Gasteiger partial charge in [0.2, 0.25) is 0 Å². The second kappa shape index (κ2) is 7.61. The largest absolute Gasteiger partial charge is 0.496 e. The van der Waals surface area contributed by atoms with Crippen LogP contribution in [0.3, 0.4) is 0 Å². The minimum Gasteiger partial charge on any atom is -0.496 e. The van der Waals surface area contributed by atoms with E-state index in [0.717, 1.165) is 38.0 Å². The van der Waals surface area contributed by atoms with Gasteiger partial charge in [0, 0.05) is 18.7 Å². The Labute approximate surface area is 141 Å². The number of aromatic amines is 1. The summed E-state index contributed by atoms with van der Waals surface area (Å²) in [6.07, 6.45) is 4.63. The third kappa shape index (κ3) is 3.67. The number of aromatic nitrogens is 3. The molecule has 24 heavy (non-hydrogen) atoms. The van der Waals surface area contributed by atoms with Crippen LogP contribution in [0.5, 0.6) is 5.75 Å². The highest BCUT2D eigenvalue weighted by molar-refractivity contribution is 6.00. The number of ether oxygens (including phenoxy) is 1. The van der Waals surface area contributed by atoms with Crippen molar-refractivity contribution < 1.29 is 9.53 Å². The molecule has 2 aromatic rings. The molecular weight excluding hydrogens is 306 g/mol. The van der Waals surface area contributed by atoms with Gasteiger partial charge in [-0.2, -0.15) is 0 Å². The molecular formula is C17H25N5O2. The molecule has 0 radical (unpaired) electrons. The van der Waals surface area contributed by atoms with E-state index >= 15 is 0 Å². The summed E-state index contributed by atoms with van der Waals surface area (Å²) in [5.74, 6) is 0.419. The number of nitrogens with zero attached hydrogens (tertiary/aromatic N) is 3. The maximum Gasteiger partial charge on any atom is 0.255 e. The van der Waals surface area contributed by atoms with Gasteiger partial charge in [-0.05, 0) is 32.0 Å². The topological polar surface area (TPSA) is 83.1 Å². The van der Waals surface area contributed by atoms with Gasteiger partial charge in [0.1, 0.15) is 11.3 Å². The zero-order chi connectivity index (χ0) is 16.9. The highest BCUT2D eigenvalue weighted by Crippen LogP contribution is 2.24. The van der Waals surface area contributed by atoms with Crippen molar-refractivity contribution in [2.24, 2.45) is 0 Å². The first-order valence-electron chi connectivity index (χ1n) is 8.63. The Balaban J connectivity index is 1.77. The van der Waals surface area contributed by atoms with E-state index in [-0.39, 0.29) is 11.9 Å². The summed E-state index contributed by atoms with van der Waals surface area (Å²) in [6, 6.07) is 3.66. The Morgan fingerprint density at radius 1 is 1.42 bits per heavy atom. The van der Waals surface area contributed by atoms with E-state index in [0.29, 0.717) is 16.8 Å². The third-order valence-corrected chi connectivity index (χ3v) is 4.68. The summed E-state index contributed by atoms with van der Waals surface area (Å²) in [6.45, 7) is 5.19. The van der Waals surface area contributed by atoms with Crippen LogP contribution in [0.1, 0.15) is 43.0 Å². The number of likely N-dealkylation sites (tertiary alicyclic amines) is 1. The first kappa shape index (κ1) is 16.7. The lowest BCUT2D eigenvalue weighted by molar-refractivity contribution is 0.0914. The van der Waals surface area contributed by atoms with E-state index in [1.807, 2.05) is 0 Å². The Morgan fingerprint density at radius 3 is 3.08 bits per heavy atom. The van der Waals surface area contributed by atoms with Crippen LogP contribution in [0, 0.1) is 0 Å². The lowest BCUT2D eigenvalue weighted by Crippen LogP contribution is -2.45. The zero-order valence-electron chi connectivity index (χ0n) is 14.3. The second-order valence-electron chi connectivity index (χ2n) is 6.29. The summed E-state index contributed by atoms with van der Waals surface area (Å²) >= 11 is 0. The van der Waals surface area contributed by atoms with Crippen molar-refractivity contribution in [3.8, 4) is 5.75 Å². The van der Waals surface area contributed by atoms with Crippen LogP contribution in [0.4, 0.5) is 0 Å². The summed E-state index contributed by atoms with van der Waals surface area (Å²) in [4.78, 5) is 15.2. The van der Waals surface area contributed by atoms with E-state index in [1.165, 1.54) is 12.8 Å². The summed E-state index contributed by atoms with van der Waals surface area (Å²) in [5.41, 5.74) is 1.92. The molecule has 1 atom stereocenters. The van der Waals surface area contributed by atoms with Crippen LogP contribution in [-0.4, -0.2) is 59.0 Å². The minimum absolute atomic E-state index is 0.113. The SMILES string of the molecule is CCN1CCCCCC(NC(=O)c2cc3nn[nH]c3cc2OC)C1. The summed E-state index contributed by atoms with van der Waals surface area (Å²) in [7, 11) is 1.57. The quantitative estimate of drug-likeness (QED) is 0.895. The monoisotopic (exact) mass is 331 g/mol. The van der Waals surface area contributed by atoms with E-state index in [2.05, 4.69) is 32.6 Å². The van der Waals surface area contributed by atoms with Gasteiger partial charge in [0.15, 0.2) is 0 Å². The van der Waals surface area contributed by atoms with Gasteiger partial charge < -0.3 is 15.0 Å². The van der Waals surface area contributed by atoms with Crippen LogP contribution in [0.2, 0.25) is 0 Å². The molecule has 0 aliphatic carbocycles. The number of carbonyl (C=O) groups is 1. The standard InChI is InChI=1S/C17H25N5O2/c1-3-22-8-6-4-5-7-12(11-22)18-17(23)13-9-14-15(20-21-19-14)10-16(13)24-2/h9-10,12H,3-8,11H2,1-2H3,(H,18,23)(H,19,20,21). The maximum atomic E-state index is 12.8. The number of benzene rings is 1. The molecule has 1 unspecified atom stereocenters. The molecule has 7 heteroatoms. The molecule has 1 fully saturated rings. The molecule has 1 saturated heterocycles. The fourth-order valence-electron chi connectivity index (χ4n) is 3.29. The number of nitrogens with one attached hydrogen (secondary N) is 2. The fourth-order valence-corrected chi connectivity index (χ4v) is 3.29. The lowest BCUT2D eigenvalue weighted by atomic mass is 10.0. The van der Waals surface area contributed by atoms with Crippen molar-refractivity contribution in [1.29, 1.82) is 0 Å². The number of hydrogen-bond donors (Lipinski definition) is 2. The molecule has 1 aromatic heterocycles. The number of likely N-dealkylation sites (N-methyl/N-ethyl adjacent to an activating group) is 1. The first-order chi connectivity index (χ1) is 11.7.